The molecule has 2 fully saturated rings. The van der Waals surface area contributed by atoms with E-state index < -0.39 is 0 Å². The normalized spacial score (nSPS) is 27.1. The van der Waals surface area contributed by atoms with Gasteiger partial charge in [0.1, 0.15) is 0 Å². The van der Waals surface area contributed by atoms with E-state index in [0.717, 1.165) is 23.7 Å². The molecule has 2 heterocycles. The van der Waals surface area contributed by atoms with Crippen LogP contribution >= 0.6 is 0 Å². The summed E-state index contributed by atoms with van der Waals surface area (Å²) in [5.41, 5.74) is 10.0. The zero-order chi connectivity index (χ0) is 14.4. The standard InChI is InChI=1S/C18H23N3/c1-12-4-5-13-11-14(6-9-17(13)20-12)18-16(19)3-2-10-21(18)15-7-8-15/h4-6,9,11,15-16,18H,2-3,7-8,10,19H2,1H3. The Morgan fingerprint density at radius 1 is 1.14 bits per heavy atom. The fraction of sp³-hybridized carbons (Fsp3) is 0.500. The maximum absolute atomic E-state index is 6.48. The molecule has 1 aliphatic carbocycles. The van der Waals surface area contributed by atoms with Crippen LogP contribution in [0.15, 0.2) is 30.3 Å². The molecule has 0 bridgehead atoms. The van der Waals surface area contributed by atoms with Crippen molar-refractivity contribution in [2.24, 2.45) is 5.73 Å². The van der Waals surface area contributed by atoms with E-state index >= 15 is 0 Å². The average Bonchev–Trinajstić information content (AvgIpc) is 3.31. The third-order valence-corrected chi connectivity index (χ3v) is 4.93. The highest BCUT2D eigenvalue weighted by Gasteiger charge is 2.39. The van der Waals surface area contributed by atoms with Gasteiger partial charge in [-0.3, -0.25) is 9.88 Å². The summed E-state index contributed by atoms with van der Waals surface area (Å²) in [5.74, 6) is 0. The maximum atomic E-state index is 6.48. The molecular formula is C18H23N3. The molecular weight excluding hydrogens is 258 g/mol. The Labute approximate surface area is 126 Å². The van der Waals surface area contributed by atoms with Gasteiger partial charge >= 0.3 is 0 Å². The lowest BCUT2D eigenvalue weighted by molar-refractivity contribution is 0.120. The highest BCUT2D eigenvalue weighted by molar-refractivity contribution is 5.79. The number of nitrogens with two attached hydrogens (primary N) is 1. The van der Waals surface area contributed by atoms with E-state index in [-0.39, 0.29) is 6.04 Å². The number of likely N-dealkylation sites (tertiary alicyclic amines) is 1. The first-order valence-corrected chi connectivity index (χ1v) is 8.11. The first kappa shape index (κ1) is 13.2. The second kappa shape index (κ2) is 5.08. The minimum absolute atomic E-state index is 0.259. The molecule has 2 aromatic rings. The molecule has 0 spiro atoms. The fourth-order valence-electron chi connectivity index (χ4n) is 3.74. The van der Waals surface area contributed by atoms with E-state index in [1.165, 1.54) is 36.8 Å². The van der Waals surface area contributed by atoms with Crippen LogP contribution in [-0.2, 0) is 0 Å². The minimum Gasteiger partial charge on any atom is -0.326 e. The molecule has 110 valence electrons. The second-order valence-electron chi connectivity index (χ2n) is 6.62. The summed E-state index contributed by atoms with van der Waals surface area (Å²) in [7, 11) is 0. The van der Waals surface area contributed by atoms with Gasteiger partial charge in [0.15, 0.2) is 0 Å². The monoisotopic (exact) mass is 281 g/mol. The van der Waals surface area contributed by atoms with Crippen molar-refractivity contribution < 1.29 is 0 Å². The molecule has 1 aliphatic heterocycles. The van der Waals surface area contributed by atoms with Gasteiger partial charge in [0.05, 0.1) is 11.6 Å². The van der Waals surface area contributed by atoms with Gasteiger partial charge in [-0.15, -0.1) is 0 Å². The molecule has 2 aliphatic rings. The van der Waals surface area contributed by atoms with Crippen LogP contribution < -0.4 is 5.73 Å². The molecule has 2 unspecified atom stereocenters. The van der Waals surface area contributed by atoms with Crippen LogP contribution in [0.25, 0.3) is 10.9 Å². The van der Waals surface area contributed by atoms with Gasteiger partial charge in [-0.1, -0.05) is 12.1 Å². The van der Waals surface area contributed by atoms with Crippen molar-refractivity contribution in [1.82, 2.24) is 9.88 Å². The van der Waals surface area contributed by atoms with Gasteiger partial charge in [0, 0.05) is 23.2 Å². The Kier molecular flexibility index (Phi) is 3.20. The van der Waals surface area contributed by atoms with Gasteiger partial charge in [-0.25, -0.2) is 0 Å². The number of hydrogen-bond acceptors (Lipinski definition) is 3. The Balaban J connectivity index is 1.74. The predicted octanol–water partition coefficient (Wildman–Crippen LogP) is 3.17. The van der Waals surface area contributed by atoms with Gasteiger partial charge < -0.3 is 5.73 Å². The summed E-state index contributed by atoms with van der Waals surface area (Å²) in [4.78, 5) is 7.25. The van der Waals surface area contributed by atoms with E-state index in [9.17, 15) is 0 Å². The lowest BCUT2D eigenvalue weighted by Crippen LogP contribution is -2.46. The van der Waals surface area contributed by atoms with Crippen LogP contribution in [0.1, 0.15) is 43.0 Å². The number of piperidine rings is 1. The van der Waals surface area contributed by atoms with Crippen molar-refractivity contribution in [2.45, 2.75) is 50.7 Å². The minimum atomic E-state index is 0.259. The molecule has 0 amide bonds. The zero-order valence-electron chi connectivity index (χ0n) is 12.6. The molecule has 1 aromatic carbocycles. The van der Waals surface area contributed by atoms with Gasteiger partial charge in [-0.05, 0) is 62.9 Å². The summed E-state index contributed by atoms with van der Waals surface area (Å²) in [5, 5.41) is 1.23. The van der Waals surface area contributed by atoms with Gasteiger partial charge in [-0.2, -0.15) is 0 Å². The van der Waals surface area contributed by atoms with E-state index in [1.807, 2.05) is 6.92 Å². The summed E-state index contributed by atoms with van der Waals surface area (Å²) in [6, 6.07) is 12.4. The molecule has 3 nitrogen and oxygen atoms in total. The first-order chi connectivity index (χ1) is 10.2. The lowest BCUT2D eigenvalue weighted by atomic mass is 9.90. The molecule has 0 radical (unpaired) electrons. The van der Waals surface area contributed by atoms with Crippen molar-refractivity contribution in [3.05, 3.63) is 41.6 Å². The molecule has 1 aromatic heterocycles. The molecule has 1 saturated carbocycles. The highest BCUT2D eigenvalue weighted by Crippen LogP contribution is 2.39. The molecule has 4 rings (SSSR count). The lowest BCUT2D eigenvalue weighted by Gasteiger charge is -2.40. The number of aryl methyl sites for hydroxylation is 1. The number of fused-ring (bicyclic) bond motifs is 1. The zero-order valence-corrected chi connectivity index (χ0v) is 12.6. The molecule has 3 heteroatoms. The van der Waals surface area contributed by atoms with Crippen LogP contribution in [0.4, 0.5) is 0 Å². The van der Waals surface area contributed by atoms with Gasteiger partial charge in [0.25, 0.3) is 0 Å². The number of nitrogens with zero attached hydrogens (tertiary/aromatic N) is 2. The van der Waals surface area contributed by atoms with E-state index in [4.69, 9.17) is 5.73 Å². The third kappa shape index (κ3) is 2.45. The Morgan fingerprint density at radius 3 is 2.81 bits per heavy atom. The Morgan fingerprint density at radius 2 is 2.00 bits per heavy atom. The van der Waals surface area contributed by atoms with E-state index in [1.54, 1.807) is 0 Å². The average molecular weight is 281 g/mol. The van der Waals surface area contributed by atoms with Crippen LogP contribution in [0.3, 0.4) is 0 Å². The maximum Gasteiger partial charge on any atom is 0.0705 e. The number of aromatic nitrogens is 1. The molecule has 21 heavy (non-hydrogen) atoms. The Hall–Kier alpha value is -1.45. The van der Waals surface area contributed by atoms with Crippen molar-refractivity contribution in [1.29, 1.82) is 0 Å². The SMILES string of the molecule is Cc1ccc2cc(C3C(N)CCCN3C3CC3)ccc2n1. The van der Waals surface area contributed by atoms with Crippen LogP contribution in [0, 0.1) is 6.92 Å². The predicted molar refractivity (Wildman–Crippen MR) is 86.2 cm³/mol. The summed E-state index contributed by atoms with van der Waals surface area (Å²) < 4.78 is 0. The second-order valence-corrected chi connectivity index (χ2v) is 6.62. The van der Waals surface area contributed by atoms with Crippen molar-refractivity contribution >= 4 is 10.9 Å². The summed E-state index contributed by atoms with van der Waals surface area (Å²) in [6.07, 6.45) is 5.07. The first-order valence-electron chi connectivity index (χ1n) is 8.11. The van der Waals surface area contributed by atoms with Crippen molar-refractivity contribution in [2.75, 3.05) is 6.54 Å². The van der Waals surface area contributed by atoms with Crippen LogP contribution in [0.2, 0.25) is 0 Å². The van der Waals surface area contributed by atoms with E-state index in [0.29, 0.717) is 6.04 Å². The van der Waals surface area contributed by atoms with Crippen LogP contribution in [0.5, 0.6) is 0 Å². The quantitative estimate of drug-likeness (QED) is 0.919. The molecule has 2 N–H and O–H groups in total. The number of benzene rings is 1. The van der Waals surface area contributed by atoms with Crippen molar-refractivity contribution in [3.8, 4) is 0 Å². The Bertz CT molecular complexity index is 663. The number of pyridine rings is 1. The number of hydrogen-bond donors (Lipinski definition) is 1. The molecule has 2 atom stereocenters. The summed E-state index contributed by atoms with van der Waals surface area (Å²) in [6.45, 7) is 3.24. The van der Waals surface area contributed by atoms with Gasteiger partial charge in [0.2, 0.25) is 0 Å². The fourth-order valence-corrected chi connectivity index (χ4v) is 3.74. The third-order valence-electron chi connectivity index (χ3n) is 4.93. The highest BCUT2D eigenvalue weighted by atomic mass is 15.2. The van der Waals surface area contributed by atoms with E-state index in [2.05, 4.69) is 40.2 Å². The largest absolute Gasteiger partial charge is 0.326 e. The summed E-state index contributed by atoms with van der Waals surface area (Å²) >= 11 is 0. The van der Waals surface area contributed by atoms with Crippen LogP contribution in [-0.4, -0.2) is 28.5 Å². The smallest absolute Gasteiger partial charge is 0.0705 e. The molecule has 1 saturated heterocycles. The van der Waals surface area contributed by atoms with Crippen molar-refractivity contribution in [3.63, 3.8) is 0 Å². The number of rotatable bonds is 2. The topological polar surface area (TPSA) is 42.1 Å².